The van der Waals surface area contributed by atoms with Crippen molar-refractivity contribution in [3.8, 4) is 22.5 Å². The number of hydrogen-bond donors (Lipinski definition) is 1. The molecular formula is C25H27ClN4O. The number of likely N-dealkylation sites (tertiary alicyclic amines) is 1. The van der Waals surface area contributed by atoms with Crippen LogP contribution in [0.15, 0.2) is 54.6 Å². The first-order valence-corrected chi connectivity index (χ1v) is 11.1. The zero-order valence-electron chi connectivity index (χ0n) is 17.9. The van der Waals surface area contributed by atoms with Gasteiger partial charge < -0.3 is 0 Å². The number of aromatic nitrogens is 2. The summed E-state index contributed by atoms with van der Waals surface area (Å²) in [5.41, 5.74) is 4.58. The first-order valence-electron chi connectivity index (χ1n) is 10.7. The second kappa shape index (κ2) is 9.58. The molecule has 0 bridgehead atoms. The number of anilines is 1. The lowest BCUT2D eigenvalue weighted by Crippen LogP contribution is -2.38. The molecule has 1 saturated heterocycles. The van der Waals surface area contributed by atoms with Crippen LogP contribution in [0, 0.1) is 12.8 Å². The van der Waals surface area contributed by atoms with Gasteiger partial charge in [0.2, 0.25) is 11.9 Å². The fourth-order valence-electron chi connectivity index (χ4n) is 3.73. The first-order chi connectivity index (χ1) is 15.0. The Hall–Kier alpha value is -2.76. The molecule has 0 radical (unpaired) electrons. The zero-order chi connectivity index (χ0) is 21.8. The van der Waals surface area contributed by atoms with Gasteiger partial charge in [-0.15, -0.1) is 0 Å². The van der Waals surface area contributed by atoms with Crippen LogP contribution < -0.4 is 5.32 Å². The molecule has 5 nitrogen and oxygen atoms in total. The molecule has 4 rings (SSSR count). The summed E-state index contributed by atoms with van der Waals surface area (Å²) in [6.45, 7) is 6.58. The lowest BCUT2D eigenvalue weighted by Gasteiger charge is -2.29. The van der Waals surface area contributed by atoms with Crippen molar-refractivity contribution in [2.75, 3.05) is 25.0 Å². The average molecular weight is 435 g/mol. The molecule has 1 amide bonds. The normalized spacial score (nSPS) is 15.1. The third-order valence-electron chi connectivity index (χ3n) is 5.71. The Balaban J connectivity index is 1.60. The van der Waals surface area contributed by atoms with Gasteiger partial charge in [-0.05, 0) is 57.0 Å². The van der Waals surface area contributed by atoms with Crippen LogP contribution in [-0.2, 0) is 4.79 Å². The smallest absolute Gasteiger partial charge is 0.240 e. The number of rotatable bonds is 5. The third kappa shape index (κ3) is 5.69. The number of halogens is 1. The summed E-state index contributed by atoms with van der Waals surface area (Å²) in [6.07, 6.45) is 2.26. The SMILES string of the molecule is Cc1ccc(-c2cc(-c3ccc(Cl)cc3)nc(NC(=O)CN3CCC(C)CC3)n2)cc1. The molecule has 0 aliphatic carbocycles. The molecule has 0 saturated carbocycles. The van der Waals surface area contributed by atoms with Crippen LogP contribution >= 0.6 is 11.6 Å². The monoisotopic (exact) mass is 434 g/mol. The van der Waals surface area contributed by atoms with E-state index in [-0.39, 0.29) is 5.91 Å². The van der Waals surface area contributed by atoms with Gasteiger partial charge in [0.25, 0.3) is 0 Å². The van der Waals surface area contributed by atoms with E-state index >= 15 is 0 Å². The minimum absolute atomic E-state index is 0.0855. The van der Waals surface area contributed by atoms with Crippen molar-refractivity contribution in [2.24, 2.45) is 5.92 Å². The third-order valence-corrected chi connectivity index (χ3v) is 5.96. The maximum absolute atomic E-state index is 12.7. The molecule has 0 atom stereocenters. The summed E-state index contributed by atoms with van der Waals surface area (Å²) in [7, 11) is 0. The lowest BCUT2D eigenvalue weighted by atomic mass is 9.99. The van der Waals surface area contributed by atoms with Crippen molar-refractivity contribution in [3.63, 3.8) is 0 Å². The molecule has 0 spiro atoms. The van der Waals surface area contributed by atoms with Crippen LogP contribution in [0.4, 0.5) is 5.95 Å². The maximum Gasteiger partial charge on any atom is 0.240 e. The first kappa shape index (κ1) is 21.5. The molecule has 3 aromatic rings. The standard InChI is InChI=1S/C25H27ClN4O/c1-17-3-5-19(6-4-17)22-15-23(20-7-9-21(26)10-8-20)28-25(27-22)29-24(31)16-30-13-11-18(2)12-14-30/h3-10,15,18H,11-14,16H2,1-2H3,(H,27,28,29,31). The van der Waals surface area contributed by atoms with E-state index in [0.717, 1.165) is 54.4 Å². The van der Waals surface area contributed by atoms with Gasteiger partial charge in [-0.2, -0.15) is 0 Å². The molecule has 1 aliphatic heterocycles. The molecule has 1 fully saturated rings. The maximum atomic E-state index is 12.7. The summed E-state index contributed by atoms with van der Waals surface area (Å²) in [5, 5.41) is 3.58. The number of benzene rings is 2. The predicted octanol–water partition coefficient (Wildman–Crippen LogP) is 5.44. The fourth-order valence-corrected chi connectivity index (χ4v) is 3.86. The summed E-state index contributed by atoms with van der Waals surface area (Å²) >= 11 is 6.05. The van der Waals surface area contributed by atoms with Gasteiger partial charge >= 0.3 is 0 Å². The highest BCUT2D eigenvalue weighted by Gasteiger charge is 2.19. The molecule has 31 heavy (non-hydrogen) atoms. The molecule has 160 valence electrons. The number of nitrogens with one attached hydrogen (secondary N) is 1. The summed E-state index contributed by atoms with van der Waals surface area (Å²) in [6, 6.07) is 17.6. The van der Waals surface area contributed by atoms with Crippen LogP contribution in [0.2, 0.25) is 5.02 Å². The topological polar surface area (TPSA) is 58.1 Å². The van der Waals surface area contributed by atoms with Gasteiger partial charge in [0, 0.05) is 16.1 Å². The lowest BCUT2D eigenvalue weighted by molar-refractivity contribution is -0.117. The largest absolute Gasteiger partial charge is 0.294 e. The Morgan fingerprint density at radius 1 is 1.00 bits per heavy atom. The summed E-state index contributed by atoms with van der Waals surface area (Å²) in [5.74, 6) is 0.965. The summed E-state index contributed by atoms with van der Waals surface area (Å²) < 4.78 is 0. The number of hydrogen-bond acceptors (Lipinski definition) is 4. The molecule has 1 N–H and O–H groups in total. The van der Waals surface area contributed by atoms with Crippen molar-refractivity contribution in [3.05, 3.63) is 65.2 Å². The van der Waals surface area contributed by atoms with E-state index in [1.54, 1.807) is 0 Å². The Morgan fingerprint density at radius 2 is 1.55 bits per heavy atom. The van der Waals surface area contributed by atoms with Crippen LogP contribution in [-0.4, -0.2) is 40.4 Å². The minimum atomic E-state index is -0.0855. The van der Waals surface area contributed by atoms with Crippen molar-refractivity contribution >= 4 is 23.5 Å². The molecule has 1 aliphatic rings. The second-order valence-corrected chi connectivity index (χ2v) is 8.78. The van der Waals surface area contributed by atoms with E-state index in [0.29, 0.717) is 17.5 Å². The van der Waals surface area contributed by atoms with E-state index in [4.69, 9.17) is 11.6 Å². The van der Waals surface area contributed by atoms with Crippen LogP contribution in [0.3, 0.4) is 0 Å². The number of nitrogens with zero attached hydrogens (tertiary/aromatic N) is 3. The van der Waals surface area contributed by atoms with Gasteiger partial charge in [-0.1, -0.05) is 60.5 Å². The van der Waals surface area contributed by atoms with Crippen LogP contribution in [0.5, 0.6) is 0 Å². The molecule has 2 heterocycles. The Bertz CT molecular complexity index is 978. The highest BCUT2D eigenvalue weighted by Crippen LogP contribution is 2.26. The molecule has 1 aromatic heterocycles. The predicted molar refractivity (Wildman–Crippen MR) is 126 cm³/mol. The number of carbonyl (C=O) groups excluding carboxylic acids is 1. The highest BCUT2D eigenvalue weighted by molar-refractivity contribution is 6.30. The number of aryl methyl sites for hydroxylation is 1. The van der Waals surface area contributed by atoms with Crippen LogP contribution in [0.1, 0.15) is 25.3 Å². The average Bonchev–Trinajstić information content (AvgIpc) is 2.76. The highest BCUT2D eigenvalue weighted by atomic mass is 35.5. The van der Waals surface area contributed by atoms with Crippen LogP contribution in [0.25, 0.3) is 22.5 Å². The van der Waals surface area contributed by atoms with Crippen molar-refractivity contribution in [1.82, 2.24) is 14.9 Å². The van der Waals surface area contributed by atoms with Gasteiger partial charge in [0.15, 0.2) is 0 Å². The quantitative estimate of drug-likeness (QED) is 0.580. The van der Waals surface area contributed by atoms with Crippen molar-refractivity contribution in [1.29, 1.82) is 0 Å². The fraction of sp³-hybridized carbons (Fsp3) is 0.320. The second-order valence-electron chi connectivity index (χ2n) is 8.34. The molecule has 2 aromatic carbocycles. The Kier molecular flexibility index (Phi) is 6.64. The van der Waals surface area contributed by atoms with Crippen molar-refractivity contribution < 1.29 is 4.79 Å². The van der Waals surface area contributed by atoms with Crippen molar-refractivity contribution in [2.45, 2.75) is 26.7 Å². The Morgan fingerprint density at radius 3 is 2.13 bits per heavy atom. The zero-order valence-corrected chi connectivity index (χ0v) is 18.7. The van der Waals surface area contributed by atoms with E-state index in [1.165, 1.54) is 5.56 Å². The van der Waals surface area contributed by atoms with Gasteiger partial charge in [-0.3, -0.25) is 15.0 Å². The van der Waals surface area contributed by atoms with E-state index in [9.17, 15) is 4.79 Å². The summed E-state index contributed by atoms with van der Waals surface area (Å²) in [4.78, 5) is 24.1. The van der Waals surface area contributed by atoms with Gasteiger partial charge in [0.1, 0.15) is 0 Å². The van der Waals surface area contributed by atoms with E-state index < -0.39 is 0 Å². The number of piperidine rings is 1. The molecule has 6 heteroatoms. The number of amides is 1. The minimum Gasteiger partial charge on any atom is -0.294 e. The van der Waals surface area contributed by atoms with Gasteiger partial charge in [-0.25, -0.2) is 9.97 Å². The Labute approximate surface area is 188 Å². The van der Waals surface area contributed by atoms with E-state index in [2.05, 4.69) is 46.2 Å². The molecule has 0 unspecified atom stereocenters. The van der Waals surface area contributed by atoms with Gasteiger partial charge in [0.05, 0.1) is 17.9 Å². The van der Waals surface area contributed by atoms with E-state index in [1.807, 2.05) is 42.5 Å². The molecular weight excluding hydrogens is 408 g/mol. The number of carbonyl (C=O) groups is 1.